The summed E-state index contributed by atoms with van der Waals surface area (Å²) >= 11 is 0. The van der Waals surface area contributed by atoms with Crippen molar-refractivity contribution >= 4 is 5.91 Å². The van der Waals surface area contributed by atoms with Crippen molar-refractivity contribution in [3.8, 4) is 23.0 Å². The molecule has 3 aromatic rings. The fourth-order valence-electron chi connectivity index (χ4n) is 7.03. The van der Waals surface area contributed by atoms with Crippen molar-refractivity contribution in [2.24, 2.45) is 0 Å². The second kappa shape index (κ2) is 11.9. The van der Waals surface area contributed by atoms with Crippen LogP contribution in [0, 0.1) is 0 Å². The van der Waals surface area contributed by atoms with E-state index >= 15 is 0 Å². The number of fused-ring (bicyclic) bond motifs is 7. The first-order valence-electron chi connectivity index (χ1n) is 14.8. The van der Waals surface area contributed by atoms with Gasteiger partial charge in [0.2, 0.25) is 5.91 Å². The third-order valence-corrected chi connectivity index (χ3v) is 8.89. The fourth-order valence-corrected chi connectivity index (χ4v) is 7.03. The number of nitrogens with zero attached hydrogens (tertiary/aromatic N) is 2. The SMILES string of the molecule is CCOc1cc2c(cc1OCC)C(COCc1ccccc1)N1C(=O)[C@@H]3Cc4cc(OC)c(OC)cc4[C@H](C1C2)N3C. The first-order valence-corrected chi connectivity index (χ1v) is 14.8. The summed E-state index contributed by atoms with van der Waals surface area (Å²) in [5.74, 6) is 2.96. The minimum atomic E-state index is -0.274. The van der Waals surface area contributed by atoms with Gasteiger partial charge in [-0.05, 0) is 85.8 Å². The summed E-state index contributed by atoms with van der Waals surface area (Å²) in [4.78, 5) is 18.8. The molecular weight excluding hydrogens is 532 g/mol. The van der Waals surface area contributed by atoms with Gasteiger partial charge in [0.05, 0.1) is 64.8 Å². The number of rotatable bonds is 10. The highest BCUT2D eigenvalue weighted by Crippen LogP contribution is 2.51. The number of hydrogen-bond acceptors (Lipinski definition) is 7. The number of carbonyl (C=O) groups is 1. The van der Waals surface area contributed by atoms with Gasteiger partial charge in [0, 0.05) is 0 Å². The van der Waals surface area contributed by atoms with Gasteiger partial charge in [-0.15, -0.1) is 0 Å². The van der Waals surface area contributed by atoms with Crippen LogP contribution in [0.2, 0.25) is 0 Å². The van der Waals surface area contributed by atoms with Crippen molar-refractivity contribution in [1.29, 1.82) is 0 Å². The van der Waals surface area contributed by atoms with Crippen LogP contribution in [-0.2, 0) is 29.0 Å². The van der Waals surface area contributed by atoms with E-state index in [4.69, 9.17) is 23.7 Å². The average molecular weight is 573 g/mol. The Kier molecular flexibility index (Phi) is 8.01. The lowest BCUT2D eigenvalue weighted by molar-refractivity contribution is -0.159. The van der Waals surface area contributed by atoms with E-state index in [9.17, 15) is 4.79 Å². The quantitative estimate of drug-likeness (QED) is 0.334. The van der Waals surface area contributed by atoms with Crippen LogP contribution in [0.15, 0.2) is 54.6 Å². The average Bonchev–Trinajstić information content (AvgIpc) is 3.00. The summed E-state index contributed by atoms with van der Waals surface area (Å²) in [6.07, 6.45) is 1.31. The first-order chi connectivity index (χ1) is 20.5. The lowest BCUT2D eigenvalue weighted by Crippen LogP contribution is -2.66. The number of likely N-dealkylation sites (N-methyl/N-ethyl adjacent to an activating group) is 1. The third-order valence-electron chi connectivity index (χ3n) is 8.89. The van der Waals surface area contributed by atoms with E-state index in [-0.39, 0.29) is 30.1 Å². The van der Waals surface area contributed by atoms with E-state index in [1.807, 2.05) is 38.1 Å². The number of amides is 1. The molecule has 0 saturated carbocycles. The van der Waals surface area contributed by atoms with Crippen LogP contribution >= 0.6 is 0 Å². The molecule has 3 aliphatic heterocycles. The molecule has 3 heterocycles. The van der Waals surface area contributed by atoms with Gasteiger partial charge in [-0.25, -0.2) is 0 Å². The molecule has 4 atom stereocenters. The lowest BCUT2D eigenvalue weighted by atomic mass is 9.75. The summed E-state index contributed by atoms with van der Waals surface area (Å²) < 4.78 is 29.7. The number of piperazine rings is 1. The summed E-state index contributed by atoms with van der Waals surface area (Å²) in [5, 5.41) is 0. The predicted molar refractivity (Wildman–Crippen MR) is 159 cm³/mol. The van der Waals surface area contributed by atoms with Crippen LogP contribution in [0.5, 0.6) is 23.0 Å². The van der Waals surface area contributed by atoms with E-state index in [0.29, 0.717) is 56.5 Å². The van der Waals surface area contributed by atoms with Gasteiger partial charge in [0.1, 0.15) is 0 Å². The van der Waals surface area contributed by atoms with E-state index in [1.165, 1.54) is 5.56 Å². The fraction of sp³-hybridized carbons (Fsp3) is 0.441. The van der Waals surface area contributed by atoms with Gasteiger partial charge < -0.3 is 28.6 Å². The van der Waals surface area contributed by atoms with Gasteiger partial charge >= 0.3 is 0 Å². The molecule has 0 radical (unpaired) electrons. The second-order valence-corrected chi connectivity index (χ2v) is 11.1. The Balaban J connectivity index is 1.45. The van der Waals surface area contributed by atoms with Crippen molar-refractivity contribution in [2.75, 3.05) is 41.1 Å². The maximum atomic E-state index is 14.4. The first kappa shape index (κ1) is 28.4. The summed E-state index contributed by atoms with van der Waals surface area (Å²) in [5.41, 5.74) is 5.64. The Morgan fingerprint density at radius 2 is 1.43 bits per heavy atom. The van der Waals surface area contributed by atoms with Crippen molar-refractivity contribution in [1.82, 2.24) is 9.80 Å². The molecule has 2 bridgehead atoms. The van der Waals surface area contributed by atoms with E-state index in [2.05, 4.69) is 47.2 Å². The van der Waals surface area contributed by atoms with Gasteiger partial charge in [0.15, 0.2) is 23.0 Å². The number of hydrogen-bond donors (Lipinski definition) is 0. The molecule has 0 aliphatic carbocycles. The number of methoxy groups -OCH3 is 2. The molecule has 1 fully saturated rings. The van der Waals surface area contributed by atoms with Gasteiger partial charge in [-0.1, -0.05) is 30.3 Å². The number of ether oxygens (including phenoxy) is 5. The molecule has 2 unspecified atom stereocenters. The molecule has 6 rings (SSSR count). The zero-order chi connectivity index (χ0) is 29.4. The van der Waals surface area contributed by atoms with Crippen molar-refractivity contribution in [3.05, 3.63) is 82.4 Å². The minimum absolute atomic E-state index is 0.0110. The normalized spacial score (nSPS) is 22.6. The maximum Gasteiger partial charge on any atom is 0.241 e. The number of benzene rings is 3. The van der Waals surface area contributed by atoms with Crippen LogP contribution in [-0.4, -0.2) is 68.9 Å². The molecule has 222 valence electrons. The van der Waals surface area contributed by atoms with E-state index < -0.39 is 0 Å². The van der Waals surface area contributed by atoms with Crippen LogP contribution in [0.4, 0.5) is 0 Å². The molecule has 0 N–H and O–H groups in total. The largest absolute Gasteiger partial charge is 0.493 e. The van der Waals surface area contributed by atoms with Crippen molar-refractivity contribution in [2.45, 2.75) is 57.5 Å². The smallest absolute Gasteiger partial charge is 0.241 e. The highest BCUT2D eigenvalue weighted by Gasteiger charge is 2.53. The third kappa shape index (κ3) is 4.86. The van der Waals surface area contributed by atoms with Gasteiger partial charge in [-0.2, -0.15) is 0 Å². The van der Waals surface area contributed by atoms with Crippen LogP contribution in [0.3, 0.4) is 0 Å². The topological polar surface area (TPSA) is 69.7 Å². The molecule has 1 amide bonds. The molecule has 0 aromatic heterocycles. The zero-order valence-corrected chi connectivity index (χ0v) is 25.1. The molecule has 1 saturated heterocycles. The Morgan fingerprint density at radius 1 is 0.810 bits per heavy atom. The Hall–Kier alpha value is -3.75. The molecule has 42 heavy (non-hydrogen) atoms. The van der Waals surface area contributed by atoms with Crippen LogP contribution in [0.25, 0.3) is 0 Å². The predicted octanol–water partition coefficient (Wildman–Crippen LogP) is 5.12. The lowest BCUT2D eigenvalue weighted by Gasteiger charge is -2.57. The second-order valence-electron chi connectivity index (χ2n) is 11.1. The van der Waals surface area contributed by atoms with Gasteiger partial charge in [0.25, 0.3) is 0 Å². The Morgan fingerprint density at radius 3 is 2.12 bits per heavy atom. The minimum Gasteiger partial charge on any atom is -0.493 e. The zero-order valence-electron chi connectivity index (χ0n) is 25.1. The molecular formula is C34H40N2O6. The van der Waals surface area contributed by atoms with Crippen molar-refractivity contribution < 1.29 is 28.5 Å². The number of carbonyl (C=O) groups excluding carboxylic acids is 1. The monoisotopic (exact) mass is 572 g/mol. The molecule has 0 spiro atoms. The highest BCUT2D eigenvalue weighted by atomic mass is 16.5. The van der Waals surface area contributed by atoms with Crippen LogP contribution < -0.4 is 18.9 Å². The van der Waals surface area contributed by atoms with E-state index in [0.717, 1.165) is 28.0 Å². The Bertz CT molecular complexity index is 1440. The standard InChI is InChI=1S/C34H40N2O6/c1-6-41-31-16-22-13-26-33-25-18-30(39-5)29(38-4)15-23(25)14-27(35(33)3)34(37)36(26)28(24(22)17-32(31)42-7-2)20-40-19-21-11-9-8-10-12-21/h8-12,15-18,26-28,33H,6-7,13-14,19-20H2,1-5H3/t26?,27-,28?,33+/m0/s1. The molecule has 3 aromatic carbocycles. The van der Waals surface area contributed by atoms with Crippen molar-refractivity contribution in [3.63, 3.8) is 0 Å². The Labute approximate surface area is 248 Å². The van der Waals surface area contributed by atoms with Gasteiger partial charge in [-0.3, -0.25) is 9.69 Å². The maximum absolute atomic E-state index is 14.4. The summed E-state index contributed by atoms with van der Waals surface area (Å²) in [7, 11) is 5.39. The molecule has 8 heteroatoms. The summed E-state index contributed by atoms with van der Waals surface area (Å²) in [6.45, 7) is 5.87. The van der Waals surface area contributed by atoms with Crippen LogP contribution in [0.1, 0.15) is 53.7 Å². The molecule has 3 aliphatic rings. The molecule has 8 nitrogen and oxygen atoms in total. The van der Waals surface area contributed by atoms with E-state index in [1.54, 1.807) is 14.2 Å². The highest BCUT2D eigenvalue weighted by molar-refractivity contribution is 5.85. The summed E-state index contributed by atoms with van der Waals surface area (Å²) in [6, 6.07) is 17.8.